The molecule has 0 fully saturated rings. The average molecular weight is 398 g/mol. The molecule has 136 valence electrons. The Bertz CT molecular complexity index is 888. The lowest BCUT2D eigenvalue weighted by Crippen LogP contribution is -2.30. The molecule has 26 heavy (non-hydrogen) atoms. The molecule has 0 aromatic heterocycles. The third-order valence-corrected chi connectivity index (χ3v) is 3.96. The highest BCUT2D eigenvalue weighted by molar-refractivity contribution is 6.34. The lowest BCUT2D eigenvalue weighted by Gasteiger charge is -2.14. The van der Waals surface area contributed by atoms with Crippen molar-refractivity contribution in [2.24, 2.45) is 0 Å². The van der Waals surface area contributed by atoms with Gasteiger partial charge in [0.15, 0.2) is 6.10 Å². The number of nitro benzene ring substituents is 1. The molecule has 0 aliphatic heterocycles. The van der Waals surface area contributed by atoms with Crippen LogP contribution in [0.3, 0.4) is 0 Å². The van der Waals surface area contributed by atoms with Crippen LogP contribution in [0.4, 0.5) is 17.1 Å². The predicted octanol–water partition coefficient (Wildman–Crippen LogP) is 3.67. The number of carbonyl (C=O) groups excluding carboxylic acids is 2. The van der Waals surface area contributed by atoms with Crippen LogP contribution in [0.5, 0.6) is 0 Å². The number of halogens is 2. The normalized spacial score (nSPS) is 11.5. The number of nitrogens with two attached hydrogens (primary N) is 1. The molecule has 10 heteroatoms. The van der Waals surface area contributed by atoms with Crippen LogP contribution in [0.2, 0.25) is 10.0 Å². The van der Waals surface area contributed by atoms with Crippen molar-refractivity contribution in [3.63, 3.8) is 0 Å². The molecule has 0 bridgehead atoms. The Kier molecular flexibility index (Phi) is 6.01. The summed E-state index contributed by atoms with van der Waals surface area (Å²) >= 11 is 11.7. The highest BCUT2D eigenvalue weighted by atomic mass is 35.5. The quantitative estimate of drug-likeness (QED) is 0.343. The number of nitrogens with one attached hydrogen (secondary N) is 1. The predicted molar refractivity (Wildman–Crippen MR) is 97.5 cm³/mol. The Morgan fingerprint density at radius 1 is 1.19 bits per heavy atom. The highest BCUT2D eigenvalue weighted by Crippen LogP contribution is 2.27. The van der Waals surface area contributed by atoms with Crippen molar-refractivity contribution in [1.82, 2.24) is 0 Å². The van der Waals surface area contributed by atoms with Crippen molar-refractivity contribution < 1.29 is 19.2 Å². The summed E-state index contributed by atoms with van der Waals surface area (Å²) in [7, 11) is 0. The van der Waals surface area contributed by atoms with Crippen LogP contribution in [-0.4, -0.2) is 22.9 Å². The van der Waals surface area contributed by atoms with E-state index in [9.17, 15) is 19.7 Å². The molecule has 1 atom stereocenters. The smallest absolute Gasteiger partial charge is 0.338 e. The summed E-state index contributed by atoms with van der Waals surface area (Å²) in [6.45, 7) is 1.37. The molecule has 1 amide bonds. The zero-order valence-corrected chi connectivity index (χ0v) is 14.9. The van der Waals surface area contributed by atoms with Gasteiger partial charge < -0.3 is 15.8 Å². The first-order valence-electron chi connectivity index (χ1n) is 7.20. The number of nitro groups is 1. The van der Waals surface area contributed by atoms with E-state index in [0.29, 0.717) is 5.02 Å². The number of ether oxygens (including phenoxy) is 1. The molecule has 8 nitrogen and oxygen atoms in total. The van der Waals surface area contributed by atoms with Crippen LogP contribution in [-0.2, 0) is 9.53 Å². The number of hydrogen-bond acceptors (Lipinski definition) is 6. The Hall–Kier alpha value is -2.84. The fourth-order valence-corrected chi connectivity index (χ4v) is 2.25. The minimum absolute atomic E-state index is 0.0171. The third-order valence-electron chi connectivity index (χ3n) is 3.31. The fourth-order valence-electron chi connectivity index (χ4n) is 1.91. The van der Waals surface area contributed by atoms with Crippen LogP contribution in [0, 0.1) is 10.1 Å². The second-order valence-electron chi connectivity index (χ2n) is 5.19. The van der Waals surface area contributed by atoms with E-state index < -0.39 is 22.9 Å². The second kappa shape index (κ2) is 8.03. The Morgan fingerprint density at radius 3 is 2.46 bits per heavy atom. The van der Waals surface area contributed by atoms with E-state index >= 15 is 0 Å². The summed E-state index contributed by atoms with van der Waals surface area (Å²) in [5, 5.41) is 13.4. The number of nitrogen functional groups attached to an aromatic ring is 1. The highest BCUT2D eigenvalue weighted by Gasteiger charge is 2.21. The van der Waals surface area contributed by atoms with Crippen LogP contribution < -0.4 is 11.1 Å². The monoisotopic (exact) mass is 397 g/mol. The SMILES string of the molecule is C[C@@H](OC(=O)c1ccc(Cl)c(N)c1)C(=O)Nc1ccc([N+](=O)[O-])cc1Cl. The molecule has 0 aliphatic carbocycles. The van der Waals surface area contributed by atoms with E-state index in [1.165, 1.54) is 37.3 Å². The van der Waals surface area contributed by atoms with Gasteiger partial charge in [-0.05, 0) is 31.2 Å². The van der Waals surface area contributed by atoms with Crippen molar-refractivity contribution >= 4 is 52.1 Å². The van der Waals surface area contributed by atoms with E-state index in [-0.39, 0.29) is 27.6 Å². The molecule has 3 N–H and O–H groups in total. The zero-order chi connectivity index (χ0) is 19.4. The number of benzene rings is 2. The lowest BCUT2D eigenvalue weighted by molar-refractivity contribution is -0.384. The van der Waals surface area contributed by atoms with Gasteiger partial charge in [0.2, 0.25) is 0 Å². The van der Waals surface area contributed by atoms with Gasteiger partial charge in [-0.1, -0.05) is 23.2 Å². The fraction of sp³-hybridized carbons (Fsp3) is 0.125. The molecule has 0 radical (unpaired) electrons. The Labute approximate surface area is 158 Å². The molecule has 0 heterocycles. The van der Waals surface area contributed by atoms with Gasteiger partial charge >= 0.3 is 5.97 Å². The molecule has 2 rings (SSSR count). The number of non-ortho nitro benzene ring substituents is 1. The zero-order valence-electron chi connectivity index (χ0n) is 13.4. The summed E-state index contributed by atoms with van der Waals surface area (Å²) in [4.78, 5) is 34.3. The first-order valence-corrected chi connectivity index (χ1v) is 7.95. The molecule has 2 aromatic rings. The van der Waals surface area contributed by atoms with Gasteiger partial charge in [-0.25, -0.2) is 4.79 Å². The summed E-state index contributed by atoms with van der Waals surface area (Å²) in [6.07, 6.45) is -1.15. The number of carbonyl (C=O) groups is 2. The minimum Gasteiger partial charge on any atom is -0.449 e. The summed E-state index contributed by atoms with van der Waals surface area (Å²) < 4.78 is 5.07. The van der Waals surface area contributed by atoms with Crippen molar-refractivity contribution in [3.8, 4) is 0 Å². The topological polar surface area (TPSA) is 125 Å². The molecule has 0 spiro atoms. The van der Waals surface area contributed by atoms with Gasteiger partial charge in [0.1, 0.15) is 0 Å². The number of hydrogen-bond donors (Lipinski definition) is 2. The van der Waals surface area contributed by atoms with Crippen molar-refractivity contribution in [1.29, 1.82) is 0 Å². The van der Waals surface area contributed by atoms with Gasteiger partial charge in [0.05, 0.1) is 31.9 Å². The van der Waals surface area contributed by atoms with Crippen LogP contribution >= 0.6 is 23.2 Å². The molecular formula is C16H13Cl2N3O5. The van der Waals surface area contributed by atoms with Crippen molar-refractivity contribution in [2.45, 2.75) is 13.0 Å². The maximum Gasteiger partial charge on any atom is 0.338 e. The van der Waals surface area contributed by atoms with Crippen LogP contribution in [0.25, 0.3) is 0 Å². The first-order chi connectivity index (χ1) is 12.2. The number of esters is 1. The number of amides is 1. The van der Waals surface area contributed by atoms with Gasteiger partial charge in [-0.2, -0.15) is 0 Å². The van der Waals surface area contributed by atoms with Gasteiger partial charge in [-0.15, -0.1) is 0 Å². The molecule has 0 aliphatic rings. The first kappa shape index (κ1) is 19.5. The van der Waals surface area contributed by atoms with E-state index in [4.69, 9.17) is 33.7 Å². The minimum atomic E-state index is -1.15. The van der Waals surface area contributed by atoms with Gasteiger partial charge in [0.25, 0.3) is 11.6 Å². The van der Waals surface area contributed by atoms with E-state index in [1.807, 2.05) is 0 Å². The average Bonchev–Trinajstić information content (AvgIpc) is 2.58. The number of anilines is 2. The number of nitrogens with zero attached hydrogens (tertiary/aromatic N) is 1. The van der Waals surface area contributed by atoms with E-state index in [1.54, 1.807) is 0 Å². The molecule has 0 saturated heterocycles. The van der Waals surface area contributed by atoms with Crippen LogP contribution in [0.15, 0.2) is 36.4 Å². The summed E-state index contributed by atoms with van der Waals surface area (Å²) in [5.74, 6) is -1.41. The Balaban J connectivity index is 2.04. The van der Waals surface area contributed by atoms with E-state index in [2.05, 4.69) is 5.32 Å². The van der Waals surface area contributed by atoms with E-state index in [0.717, 1.165) is 6.07 Å². The van der Waals surface area contributed by atoms with Crippen molar-refractivity contribution in [3.05, 3.63) is 62.1 Å². The third kappa shape index (κ3) is 4.62. The lowest BCUT2D eigenvalue weighted by atomic mass is 10.2. The molecule has 0 unspecified atom stereocenters. The maximum atomic E-state index is 12.1. The Morgan fingerprint density at radius 2 is 1.88 bits per heavy atom. The second-order valence-corrected chi connectivity index (χ2v) is 6.01. The maximum absolute atomic E-state index is 12.1. The largest absolute Gasteiger partial charge is 0.449 e. The molecule has 2 aromatic carbocycles. The molecule has 0 saturated carbocycles. The van der Waals surface area contributed by atoms with Gasteiger partial charge in [0, 0.05) is 12.1 Å². The van der Waals surface area contributed by atoms with Gasteiger partial charge in [-0.3, -0.25) is 14.9 Å². The van der Waals surface area contributed by atoms with Crippen LogP contribution in [0.1, 0.15) is 17.3 Å². The standard InChI is InChI=1S/C16H13Cl2N3O5/c1-8(26-16(23)9-2-4-11(17)13(19)6-9)15(22)20-14-5-3-10(21(24)25)7-12(14)18/h2-8H,19H2,1H3,(H,20,22)/t8-/m1/s1. The molecular weight excluding hydrogens is 385 g/mol. The van der Waals surface area contributed by atoms with Crippen molar-refractivity contribution in [2.75, 3.05) is 11.1 Å². The summed E-state index contributed by atoms with van der Waals surface area (Å²) in [5.41, 5.74) is 5.90. The summed E-state index contributed by atoms with van der Waals surface area (Å²) in [6, 6.07) is 7.77. The number of rotatable bonds is 5.